The van der Waals surface area contributed by atoms with Crippen molar-refractivity contribution in [2.24, 2.45) is 0 Å². The Kier molecular flexibility index (Phi) is 3.92. The minimum absolute atomic E-state index is 0.0680. The largest absolute Gasteiger partial charge is 0.310 e. The molecule has 3 heteroatoms. The van der Waals surface area contributed by atoms with Gasteiger partial charge in [-0.3, -0.25) is 0 Å². The normalized spacial score (nSPS) is 15.2. The Bertz CT molecular complexity index is 808. The molecule has 23 heavy (non-hydrogen) atoms. The number of imidazole rings is 1. The Hall–Kier alpha value is -2.06. The molecule has 0 amide bonds. The Morgan fingerprint density at radius 2 is 1.70 bits per heavy atom. The van der Waals surface area contributed by atoms with Crippen LogP contribution in [0.3, 0.4) is 0 Å². The highest BCUT2D eigenvalue weighted by Gasteiger charge is 2.20. The van der Waals surface area contributed by atoms with E-state index in [0.717, 1.165) is 0 Å². The third-order valence-corrected chi connectivity index (χ3v) is 5.00. The third-order valence-electron chi connectivity index (χ3n) is 4.70. The van der Waals surface area contributed by atoms with Crippen LogP contribution in [0.2, 0.25) is 5.28 Å². The van der Waals surface area contributed by atoms with Crippen LogP contribution in [0.5, 0.6) is 0 Å². The molecule has 1 aromatic heterocycles. The number of aryl methyl sites for hydroxylation is 2. The predicted molar refractivity (Wildman–Crippen MR) is 94.0 cm³/mol. The highest BCUT2D eigenvalue weighted by Crippen LogP contribution is 2.32. The maximum atomic E-state index is 6.33. The molecule has 4 rings (SSSR count). The van der Waals surface area contributed by atoms with Gasteiger partial charge in [-0.2, -0.15) is 0 Å². The smallest absolute Gasteiger partial charge is 0.203 e. The van der Waals surface area contributed by atoms with Crippen LogP contribution in [0, 0.1) is 0 Å². The molecular formula is C20H19ClN2. The molecule has 0 bridgehead atoms. The molecule has 2 aromatic carbocycles. The number of hydrogen-bond acceptors (Lipinski definition) is 1. The van der Waals surface area contributed by atoms with Gasteiger partial charge in [0, 0.05) is 12.4 Å². The first kappa shape index (κ1) is 14.5. The van der Waals surface area contributed by atoms with E-state index in [1.165, 1.54) is 47.9 Å². The topological polar surface area (TPSA) is 17.8 Å². The van der Waals surface area contributed by atoms with E-state index in [1.54, 1.807) is 6.20 Å². The highest BCUT2D eigenvalue weighted by atomic mass is 35.5. The lowest BCUT2D eigenvalue weighted by atomic mass is 9.88. The monoisotopic (exact) mass is 322 g/mol. The molecule has 0 saturated heterocycles. The average Bonchev–Trinajstić information content (AvgIpc) is 3.02. The second-order valence-corrected chi connectivity index (χ2v) is 6.49. The van der Waals surface area contributed by atoms with Crippen LogP contribution in [-0.2, 0) is 12.8 Å². The van der Waals surface area contributed by atoms with E-state index in [9.17, 15) is 0 Å². The quantitative estimate of drug-likeness (QED) is 0.659. The van der Waals surface area contributed by atoms with Crippen LogP contribution in [0.15, 0.2) is 60.9 Å². The molecule has 2 nitrogen and oxygen atoms in total. The van der Waals surface area contributed by atoms with Gasteiger partial charge in [-0.25, -0.2) is 4.98 Å². The lowest BCUT2D eigenvalue weighted by molar-refractivity contribution is 0.661. The number of hydrogen-bond donors (Lipinski definition) is 0. The second-order valence-electron chi connectivity index (χ2n) is 6.15. The fourth-order valence-corrected chi connectivity index (χ4v) is 3.77. The maximum Gasteiger partial charge on any atom is 0.203 e. The van der Waals surface area contributed by atoms with Crippen molar-refractivity contribution in [3.63, 3.8) is 0 Å². The molecule has 3 aromatic rings. The molecule has 0 aliphatic heterocycles. The Labute approximate surface area is 141 Å². The summed E-state index contributed by atoms with van der Waals surface area (Å²) in [6.07, 6.45) is 8.70. The molecule has 0 saturated carbocycles. The number of benzene rings is 2. The van der Waals surface area contributed by atoms with Crippen LogP contribution in [-0.4, -0.2) is 9.55 Å². The van der Waals surface area contributed by atoms with E-state index < -0.39 is 0 Å². The SMILES string of the molecule is Clc1nccn1C(c1ccccc1)c1ccc2c(c1)CCCC2. The summed E-state index contributed by atoms with van der Waals surface area (Å²) in [5, 5.41) is 0.525. The second kappa shape index (κ2) is 6.21. The predicted octanol–water partition coefficient (Wildman–Crippen LogP) is 5.05. The van der Waals surface area contributed by atoms with Gasteiger partial charge in [0.25, 0.3) is 0 Å². The van der Waals surface area contributed by atoms with Crippen molar-refractivity contribution in [2.45, 2.75) is 31.7 Å². The van der Waals surface area contributed by atoms with Gasteiger partial charge in [0.1, 0.15) is 0 Å². The molecule has 0 spiro atoms. The summed E-state index contributed by atoms with van der Waals surface area (Å²) in [5.74, 6) is 0. The van der Waals surface area contributed by atoms with Gasteiger partial charge in [0.05, 0.1) is 6.04 Å². The average molecular weight is 323 g/mol. The minimum atomic E-state index is 0.0680. The minimum Gasteiger partial charge on any atom is -0.310 e. The van der Waals surface area contributed by atoms with E-state index in [4.69, 9.17) is 11.6 Å². The summed E-state index contributed by atoms with van der Waals surface area (Å²) >= 11 is 6.33. The molecule has 1 aliphatic carbocycles. The van der Waals surface area contributed by atoms with Crippen molar-refractivity contribution in [3.8, 4) is 0 Å². The number of nitrogens with zero attached hydrogens (tertiary/aromatic N) is 2. The Morgan fingerprint density at radius 3 is 2.43 bits per heavy atom. The summed E-state index contributed by atoms with van der Waals surface area (Å²) in [5.41, 5.74) is 5.49. The zero-order valence-corrected chi connectivity index (χ0v) is 13.7. The van der Waals surface area contributed by atoms with Gasteiger partial charge in [-0.15, -0.1) is 0 Å². The lowest BCUT2D eigenvalue weighted by Gasteiger charge is -2.23. The van der Waals surface area contributed by atoms with E-state index in [-0.39, 0.29) is 6.04 Å². The van der Waals surface area contributed by atoms with E-state index in [1.807, 2.05) is 16.8 Å². The first-order chi connectivity index (χ1) is 11.3. The lowest BCUT2D eigenvalue weighted by Crippen LogP contribution is -2.13. The van der Waals surface area contributed by atoms with Crippen LogP contribution in [0.1, 0.15) is 41.1 Å². The molecule has 0 fully saturated rings. The Morgan fingerprint density at radius 1 is 0.913 bits per heavy atom. The molecule has 0 radical (unpaired) electrons. The summed E-state index contributed by atoms with van der Waals surface area (Å²) in [6.45, 7) is 0. The Balaban J connectivity index is 1.84. The van der Waals surface area contributed by atoms with Gasteiger partial charge in [0.15, 0.2) is 0 Å². The zero-order valence-electron chi connectivity index (χ0n) is 13.0. The van der Waals surface area contributed by atoms with Crippen LogP contribution < -0.4 is 0 Å². The van der Waals surface area contributed by atoms with Gasteiger partial charge in [-0.1, -0.05) is 48.5 Å². The molecule has 1 aliphatic rings. The van der Waals surface area contributed by atoms with Crippen LogP contribution in [0.25, 0.3) is 0 Å². The number of fused-ring (bicyclic) bond motifs is 1. The fourth-order valence-electron chi connectivity index (χ4n) is 3.56. The molecule has 0 N–H and O–H groups in total. The van der Waals surface area contributed by atoms with Crippen molar-refractivity contribution < 1.29 is 0 Å². The van der Waals surface area contributed by atoms with Crippen LogP contribution in [0.4, 0.5) is 0 Å². The molecular weight excluding hydrogens is 304 g/mol. The van der Waals surface area contributed by atoms with E-state index in [0.29, 0.717) is 5.28 Å². The van der Waals surface area contributed by atoms with E-state index >= 15 is 0 Å². The molecule has 1 unspecified atom stereocenters. The number of rotatable bonds is 3. The summed E-state index contributed by atoms with van der Waals surface area (Å²) in [6, 6.07) is 17.5. The number of halogens is 1. The third kappa shape index (κ3) is 2.79. The van der Waals surface area contributed by atoms with E-state index in [2.05, 4.69) is 47.4 Å². The van der Waals surface area contributed by atoms with Crippen molar-refractivity contribution in [3.05, 3.63) is 88.5 Å². The number of aromatic nitrogens is 2. The summed E-state index contributed by atoms with van der Waals surface area (Å²) < 4.78 is 2.04. The van der Waals surface area contributed by atoms with Gasteiger partial charge < -0.3 is 4.57 Å². The van der Waals surface area contributed by atoms with Crippen molar-refractivity contribution in [1.82, 2.24) is 9.55 Å². The van der Waals surface area contributed by atoms with Crippen LogP contribution >= 0.6 is 11.6 Å². The zero-order chi connectivity index (χ0) is 15.6. The van der Waals surface area contributed by atoms with Crippen molar-refractivity contribution in [2.75, 3.05) is 0 Å². The van der Waals surface area contributed by atoms with Crippen molar-refractivity contribution in [1.29, 1.82) is 0 Å². The highest BCUT2D eigenvalue weighted by molar-refractivity contribution is 6.28. The van der Waals surface area contributed by atoms with Gasteiger partial charge in [-0.05, 0) is 59.5 Å². The summed E-state index contributed by atoms with van der Waals surface area (Å²) in [4.78, 5) is 4.20. The first-order valence-electron chi connectivity index (χ1n) is 8.18. The maximum absolute atomic E-state index is 6.33. The fraction of sp³-hybridized carbons (Fsp3) is 0.250. The summed E-state index contributed by atoms with van der Waals surface area (Å²) in [7, 11) is 0. The standard InChI is InChI=1S/C20H19ClN2/c21-20-22-12-13-23(20)19(16-7-2-1-3-8-16)18-11-10-15-6-4-5-9-17(15)14-18/h1-3,7-8,10-14,19H,4-6,9H2. The molecule has 1 heterocycles. The molecule has 1 atom stereocenters. The van der Waals surface area contributed by atoms with Crippen molar-refractivity contribution >= 4 is 11.6 Å². The molecule has 116 valence electrons. The first-order valence-corrected chi connectivity index (χ1v) is 8.56. The van der Waals surface area contributed by atoms with Gasteiger partial charge in [0.2, 0.25) is 5.28 Å². The van der Waals surface area contributed by atoms with Gasteiger partial charge >= 0.3 is 0 Å².